The fourth-order valence-electron chi connectivity index (χ4n) is 2.00. The first-order chi connectivity index (χ1) is 9.76. The van der Waals surface area contributed by atoms with Crippen molar-refractivity contribution >= 4 is 11.5 Å². The van der Waals surface area contributed by atoms with Gasteiger partial charge in [0, 0.05) is 17.4 Å². The number of ether oxygens (including phenoxy) is 2. The van der Waals surface area contributed by atoms with E-state index in [2.05, 4.69) is 16.4 Å². The van der Waals surface area contributed by atoms with Crippen LogP contribution in [0.5, 0.6) is 11.5 Å². The van der Waals surface area contributed by atoms with E-state index in [1.54, 1.807) is 6.07 Å². The van der Waals surface area contributed by atoms with Crippen LogP contribution in [0.15, 0.2) is 30.3 Å². The van der Waals surface area contributed by atoms with Crippen molar-refractivity contribution in [2.24, 2.45) is 0 Å². The third-order valence-corrected chi connectivity index (χ3v) is 2.96. The number of nitrogens with zero attached hydrogens (tertiary/aromatic N) is 2. The number of rotatable bonds is 2. The average molecular weight is 267 g/mol. The predicted octanol–water partition coefficient (Wildman–Crippen LogP) is 2.78. The molecule has 0 aliphatic carbocycles. The first-order valence-corrected chi connectivity index (χ1v) is 6.31. The van der Waals surface area contributed by atoms with Crippen LogP contribution >= 0.6 is 0 Å². The minimum Gasteiger partial charge on any atom is -0.486 e. The van der Waals surface area contributed by atoms with Gasteiger partial charge < -0.3 is 14.8 Å². The Morgan fingerprint density at radius 1 is 1.15 bits per heavy atom. The van der Waals surface area contributed by atoms with Crippen LogP contribution in [0, 0.1) is 18.3 Å². The summed E-state index contributed by atoms with van der Waals surface area (Å²) in [6.45, 7) is 3.00. The summed E-state index contributed by atoms with van der Waals surface area (Å²) in [7, 11) is 0. The molecule has 5 nitrogen and oxygen atoms in total. The summed E-state index contributed by atoms with van der Waals surface area (Å²) in [5.74, 6) is 1.98. The Bertz CT molecular complexity index is 692. The van der Waals surface area contributed by atoms with Gasteiger partial charge in [-0.25, -0.2) is 4.98 Å². The minimum atomic E-state index is 0.505. The van der Waals surface area contributed by atoms with E-state index >= 15 is 0 Å². The van der Waals surface area contributed by atoms with Gasteiger partial charge in [0.15, 0.2) is 11.5 Å². The molecule has 1 aromatic carbocycles. The Labute approximate surface area is 116 Å². The van der Waals surface area contributed by atoms with Gasteiger partial charge in [-0.15, -0.1) is 0 Å². The first kappa shape index (κ1) is 12.3. The van der Waals surface area contributed by atoms with Crippen molar-refractivity contribution in [3.8, 4) is 17.6 Å². The van der Waals surface area contributed by atoms with E-state index in [1.807, 2.05) is 31.2 Å². The molecule has 1 aromatic heterocycles. The molecule has 0 amide bonds. The van der Waals surface area contributed by atoms with E-state index in [-0.39, 0.29) is 0 Å². The molecule has 1 aliphatic rings. The lowest BCUT2D eigenvalue weighted by Gasteiger charge is -2.19. The van der Waals surface area contributed by atoms with Crippen LogP contribution in [0.25, 0.3) is 0 Å². The Morgan fingerprint density at radius 3 is 2.75 bits per heavy atom. The van der Waals surface area contributed by atoms with Crippen molar-refractivity contribution in [2.45, 2.75) is 6.92 Å². The van der Waals surface area contributed by atoms with Crippen molar-refractivity contribution in [2.75, 3.05) is 18.5 Å². The second kappa shape index (κ2) is 5.10. The van der Waals surface area contributed by atoms with Crippen LogP contribution < -0.4 is 14.8 Å². The van der Waals surface area contributed by atoms with Gasteiger partial charge in [-0.1, -0.05) is 0 Å². The maximum atomic E-state index is 9.10. The van der Waals surface area contributed by atoms with E-state index in [1.165, 1.54) is 0 Å². The molecule has 0 bridgehead atoms. The van der Waals surface area contributed by atoms with Gasteiger partial charge in [-0.3, -0.25) is 0 Å². The lowest BCUT2D eigenvalue weighted by molar-refractivity contribution is 0.171. The number of pyridine rings is 1. The predicted molar refractivity (Wildman–Crippen MR) is 74.4 cm³/mol. The molecule has 0 fully saturated rings. The number of hydrogen-bond acceptors (Lipinski definition) is 5. The summed E-state index contributed by atoms with van der Waals surface area (Å²) in [5.41, 5.74) is 2.17. The molecule has 1 aliphatic heterocycles. The zero-order valence-corrected chi connectivity index (χ0v) is 11.0. The largest absolute Gasteiger partial charge is 0.486 e. The maximum Gasteiger partial charge on any atom is 0.163 e. The summed E-state index contributed by atoms with van der Waals surface area (Å²) < 4.78 is 11.0. The van der Waals surface area contributed by atoms with Crippen molar-refractivity contribution in [1.82, 2.24) is 4.98 Å². The fourth-order valence-corrected chi connectivity index (χ4v) is 2.00. The van der Waals surface area contributed by atoms with Gasteiger partial charge in [0.05, 0.1) is 5.56 Å². The smallest absolute Gasteiger partial charge is 0.163 e. The molecule has 2 heterocycles. The molecule has 1 N–H and O–H groups in total. The highest BCUT2D eigenvalue weighted by molar-refractivity contribution is 5.65. The Kier molecular flexibility index (Phi) is 3.13. The molecule has 100 valence electrons. The third-order valence-electron chi connectivity index (χ3n) is 2.96. The number of aromatic nitrogens is 1. The summed E-state index contributed by atoms with van der Waals surface area (Å²) >= 11 is 0. The SMILES string of the molecule is Cc1ccc(C#N)c(Nc2ccc3c(c2)OCCO3)n1. The number of nitriles is 1. The molecule has 0 spiro atoms. The molecular weight excluding hydrogens is 254 g/mol. The van der Waals surface area contributed by atoms with Crippen LogP contribution in [0.4, 0.5) is 11.5 Å². The van der Waals surface area contributed by atoms with Crippen LogP contribution in [-0.2, 0) is 0 Å². The fraction of sp³-hybridized carbons (Fsp3) is 0.200. The van der Waals surface area contributed by atoms with Crippen LogP contribution in [-0.4, -0.2) is 18.2 Å². The molecule has 2 aromatic rings. The molecular formula is C15H13N3O2. The highest BCUT2D eigenvalue weighted by Gasteiger charge is 2.12. The summed E-state index contributed by atoms with van der Waals surface area (Å²) in [5, 5.41) is 12.2. The molecule has 0 saturated heterocycles. The van der Waals surface area contributed by atoms with E-state index < -0.39 is 0 Å². The quantitative estimate of drug-likeness (QED) is 0.906. The van der Waals surface area contributed by atoms with Gasteiger partial charge >= 0.3 is 0 Å². The highest BCUT2D eigenvalue weighted by Crippen LogP contribution is 2.33. The standard InChI is InChI=1S/C15H13N3O2/c1-10-2-3-11(9-16)15(17-10)18-12-4-5-13-14(8-12)20-7-6-19-13/h2-5,8H,6-7H2,1H3,(H,17,18). The monoisotopic (exact) mass is 267 g/mol. The number of nitrogens with one attached hydrogen (secondary N) is 1. The van der Waals surface area contributed by atoms with Crippen molar-refractivity contribution in [3.05, 3.63) is 41.6 Å². The first-order valence-electron chi connectivity index (χ1n) is 6.31. The number of fused-ring (bicyclic) bond motifs is 1. The normalized spacial score (nSPS) is 12.6. The Hall–Kier alpha value is -2.74. The zero-order chi connectivity index (χ0) is 13.9. The summed E-state index contributed by atoms with van der Waals surface area (Å²) in [4.78, 5) is 4.35. The average Bonchev–Trinajstić information content (AvgIpc) is 2.47. The lowest BCUT2D eigenvalue weighted by atomic mass is 10.2. The van der Waals surface area contributed by atoms with E-state index in [0.717, 1.165) is 17.1 Å². The van der Waals surface area contributed by atoms with Crippen molar-refractivity contribution in [1.29, 1.82) is 5.26 Å². The highest BCUT2D eigenvalue weighted by atomic mass is 16.6. The van der Waals surface area contributed by atoms with Gasteiger partial charge in [-0.2, -0.15) is 5.26 Å². The second-order valence-electron chi connectivity index (χ2n) is 4.44. The molecule has 20 heavy (non-hydrogen) atoms. The molecule has 0 saturated carbocycles. The summed E-state index contributed by atoms with van der Waals surface area (Å²) in [6, 6.07) is 11.3. The minimum absolute atomic E-state index is 0.505. The van der Waals surface area contributed by atoms with E-state index in [0.29, 0.717) is 30.3 Å². The maximum absolute atomic E-state index is 9.10. The van der Waals surface area contributed by atoms with Gasteiger partial charge in [-0.05, 0) is 31.2 Å². The lowest BCUT2D eigenvalue weighted by Crippen LogP contribution is -2.15. The molecule has 0 unspecified atom stereocenters. The number of anilines is 2. The number of aryl methyl sites for hydroxylation is 1. The van der Waals surface area contributed by atoms with Crippen LogP contribution in [0.1, 0.15) is 11.3 Å². The second-order valence-corrected chi connectivity index (χ2v) is 4.44. The van der Waals surface area contributed by atoms with Gasteiger partial charge in [0.2, 0.25) is 0 Å². The van der Waals surface area contributed by atoms with Crippen molar-refractivity contribution < 1.29 is 9.47 Å². The molecule has 0 atom stereocenters. The molecule has 3 rings (SSSR count). The number of benzene rings is 1. The van der Waals surface area contributed by atoms with Crippen LogP contribution in [0.3, 0.4) is 0 Å². The van der Waals surface area contributed by atoms with Gasteiger partial charge in [0.25, 0.3) is 0 Å². The van der Waals surface area contributed by atoms with Crippen LogP contribution in [0.2, 0.25) is 0 Å². The number of hydrogen-bond donors (Lipinski definition) is 1. The molecule has 0 radical (unpaired) electrons. The van der Waals surface area contributed by atoms with Gasteiger partial charge in [0.1, 0.15) is 25.1 Å². The summed E-state index contributed by atoms with van der Waals surface area (Å²) in [6.07, 6.45) is 0. The zero-order valence-electron chi connectivity index (χ0n) is 11.0. The topological polar surface area (TPSA) is 67.2 Å². The van der Waals surface area contributed by atoms with E-state index in [9.17, 15) is 0 Å². The molecule has 5 heteroatoms. The Morgan fingerprint density at radius 2 is 1.95 bits per heavy atom. The Balaban J connectivity index is 1.92. The van der Waals surface area contributed by atoms with Crippen molar-refractivity contribution in [3.63, 3.8) is 0 Å². The third kappa shape index (κ3) is 2.36. The van der Waals surface area contributed by atoms with E-state index in [4.69, 9.17) is 14.7 Å².